The minimum Gasteiger partial charge on any atom is -0.488 e. The fourth-order valence-corrected chi connectivity index (χ4v) is 6.38. The second-order valence-electron chi connectivity index (χ2n) is 11.5. The first-order valence-electron chi connectivity index (χ1n) is 14.7. The number of imidazole rings is 1. The third-order valence-electron chi connectivity index (χ3n) is 7.96. The number of nitrogens with one attached hydrogen (secondary N) is 2. The van der Waals surface area contributed by atoms with Gasteiger partial charge in [0.15, 0.2) is 5.03 Å². The van der Waals surface area contributed by atoms with Gasteiger partial charge in [0.05, 0.1) is 37.6 Å². The summed E-state index contributed by atoms with van der Waals surface area (Å²) in [5.41, 5.74) is 1.40. The van der Waals surface area contributed by atoms with Crippen molar-refractivity contribution in [1.29, 1.82) is 0 Å². The number of anilines is 2. The van der Waals surface area contributed by atoms with Crippen molar-refractivity contribution in [3.05, 3.63) is 78.8 Å². The van der Waals surface area contributed by atoms with Crippen LogP contribution in [0.2, 0.25) is 0 Å². The molecule has 4 aromatic rings. The molecule has 0 spiro atoms. The maximum absolute atomic E-state index is 13.5. The van der Waals surface area contributed by atoms with E-state index >= 15 is 0 Å². The van der Waals surface area contributed by atoms with E-state index in [9.17, 15) is 23.1 Å². The lowest BCUT2D eigenvalue weighted by atomic mass is 10.0. The Kier molecular flexibility index (Phi) is 9.30. The van der Waals surface area contributed by atoms with E-state index in [1.54, 1.807) is 44.1 Å². The minimum atomic E-state index is -3.97. The van der Waals surface area contributed by atoms with Gasteiger partial charge in [0.2, 0.25) is 5.91 Å². The van der Waals surface area contributed by atoms with Crippen LogP contribution in [-0.2, 0) is 28.3 Å². The zero-order valence-electron chi connectivity index (χ0n) is 25.7. The van der Waals surface area contributed by atoms with Crippen molar-refractivity contribution in [2.45, 2.75) is 37.4 Å². The summed E-state index contributed by atoms with van der Waals surface area (Å²) in [5.74, 6) is -0.0629. The van der Waals surface area contributed by atoms with Gasteiger partial charge in [0.1, 0.15) is 11.9 Å². The number of hydrogen-bond acceptors (Lipinski definition) is 7. The van der Waals surface area contributed by atoms with Crippen LogP contribution in [0.4, 0.5) is 16.2 Å². The van der Waals surface area contributed by atoms with Crippen LogP contribution in [0.3, 0.4) is 0 Å². The Balaban J connectivity index is 1.41. The number of fused-ring (bicyclic) bond motifs is 2. The number of aromatic nitrogens is 2. The lowest BCUT2D eigenvalue weighted by Gasteiger charge is -2.34. The smallest absolute Gasteiger partial charge is 0.321 e. The van der Waals surface area contributed by atoms with E-state index in [0.717, 1.165) is 10.8 Å². The highest BCUT2D eigenvalue weighted by Gasteiger charge is 2.32. The van der Waals surface area contributed by atoms with Gasteiger partial charge < -0.3 is 29.5 Å². The molecule has 0 aliphatic carbocycles. The van der Waals surface area contributed by atoms with Gasteiger partial charge in [-0.2, -0.15) is 8.42 Å². The lowest BCUT2D eigenvalue weighted by Crippen LogP contribution is -2.48. The van der Waals surface area contributed by atoms with Gasteiger partial charge in [-0.05, 0) is 36.6 Å². The SMILES string of the molecule is C[C@@H]1CN([C@H](C)CO)C(=O)Cc2cc(NS(=O)(=O)c3cn(C)cn3)ccc2O[C@@H]1CN(C)C(=O)Nc1cccc2ccccc12. The number of benzene rings is 3. The average Bonchev–Trinajstić information content (AvgIpc) is 3.48. The molecule has 3 N–H and O–H groups in total. The van der Waals surface area contributed by atoms with Gasteiger partial charge in [-0.15, -0.1) is 0 Å². The number of aryl methyl sites for hydroxylation is 1. The molecule has 1 aliphatic heterocycles. The molecule has 12 nitrogen and oxygen atoms in total. The van der Waals surface area contributed by atoms with Crippen molar-refractivity contribution in [3.8, 4) is 5.75 Å². The van der Waals surface area contributed by atoms with Crippen LogP contribution in [0.15, 0.2) is 78.2 Å². The third-order valence-corrected chi connectivity index (χ3v) is 9.22. The normalized spacial score (nSPS) is 17.8. The number of amides is 3. The van der Waals surface area contributed by atoms with Crippen LogP contribution >= 0.6 is 0 Å². The van der Waals surface area contributed by atoms with Gasteiger partial charge in [-0.3, -0.25) is 9.52 Å². The van der Waals surface area contributed by atoms with Crippen molar-refractivity contribution in [1.82, 2.24) is 19.4 Å². The predicted molar refractivity (Wildman–Crippen MR) is 172 cm³/mol. The molecular weight excluding hydrogens is 596 g/mol. The zero-order chi connectivity index (χ0) is 32.3. The fraction of sp³-hybridized carbons (Fsp3) is 0.344. The molecule has 3 aromatic carbocycles. The summed E-state index contributed by atoms with van der Waals surface area (Å²) >= 11 is 0. The summed E-state index contributed by atoms with van der Waals surface area (Å²) in [6, 6.07) is 17.5. The number of sulfonamides is 1. The molecule has 45 heavy (non-hydrogen) atoms. The third kappa shape index (κ3) is 7.21. The van der Waals surface area contributed by atoms with Crippen molar-refractivity contribution in [2.24, 2.45) is 13.0 Å². The minimum absolute atomic E-state index is 0.0737. The van der Waals surface area contributed by atoms with Gasteiger partial charge in [-0.25, -0.2) is 9.78 Å². The number of hydrogen-bond donors (Lipinski definition) is 3. The molecule has 1 aliphatic rings. The number of aliphatic hydroxyl groups is 1. The number of likely N-dealkylation sites (N-methyl/N-ethyl adjacent to an activating group) is 1. The molecular formula is C32H38N6O6S. The first-order chi connectivity index (χ1) is 21.4. The molecule has 1 aromatic heterocycles. The first-order valence-corrected chi connectivity index (χ1v) is 16.1. The molecule has 13 heteroatoms. The fourth-order valence-electron chi connectivity index (χ4n) is 5.34. The molecule has 238 valence electrons. The second kappa shape index (κ2) is 13.2. The number of rotatable bonds is 8. The van der Waals surface area contributed by atoms with Gasteiger partial charge in [0.25, 0.3) is 10.0 Å². The summed E-state index contributed by atoms with van der Waals surface area (Å²) in [6.07, 6.45) is 2.17. The van der Waals surface area contributed by atoms with Crippen LogP contribution in [-0.4, -0.2) is 83.7 Å². The van der Waals surface area contributed by atoms with E-state index in [0.29, 0.717) is 17.0 Å². The van der Waals surface area contributed by atoms with Crippen LogP contribution in [0.5, 0.6) is 5.75 Å². The Morgan fingerprint density at radius 3 is 2.67 bits per heavy atom. The standard InChI is InChI=1S/C32H38N6O6S/c1-21-16-38(22(2)19-39)31(40)15-24-14-25(35-45(42,43)30-18-36(3)20-33-30)12-13-28(24)44-29(21)17-37(4)32(41)34-27-11-7-9-23-8-5-6-10-26(23)27/h5-14,18,20-22,29,35,39H,15-17,19H2,1-4H3,(H,34,41)/t21-,22-,29-/m1/s1. The summed E-state index contributed by atoms with van der Waals surface area (Å²) in [4.78, 5) is 34.0. The van der Waals surface area contributed by atoms with E-state index < -0.39 is 22.2 Å². The molecule has 3 atom stereocenters. The summed E-state index contributed by atoms with van der Waals surface area (Å²) < 4.78 is 36.4. The van der Waals surface area contributed by atoms with E-state index in [1.165, 1.54) is 22.0 Å². The number of nitrogens with zero attached hydrogens (tertiary/aromatic N) is 4. The average molecular weight is 635 g/mol. The molecule has 0 fully saturated rings. The number of carbonyl (C=O) groups excluding carboxylic acids is 2. The Morgan fingerprint density at radius 2 is 1.93 bits per heavy atom. The molecule has 0 saturated heterocycles. The highest BCUT2D eigenvalue weighted by Crippen LogP contribution is 2.30. The highest BCUT2D eigenvalue weighted by atomic mass is 32.2. The van der Waals surface area contributed by atoms with Crippen molar-refractivity contribution < 1.29 is 27.9 Å². The van der Waals surface area contributed by atoms with Crippen molar-refractivity contribution in [3.63, 3.8) is 0 Å². The summed E-state index contributed by atoms with van der Waals surface area (Å²) in [6.45, 7) is 3.96. The maximum atomic E-state index is 13.5. The second-order valence-corrected chi connectivity index (χ2v) is 13.2. The Labute approximate surface area is 262 Å². The van der Waals surface area contributed by atoms with Crippen molar-refractivity contribution >= 4 is 44.1 Å². The van der Waals surface area contributed by atoms with Gasteiger partial charge in [-0.1, -0.05) is 43.3 Å². The molecule has 3 amide bonds. The highest BCUT2D eigenvalue weighted by molar-refractivity contribution is 7.92. The van der Waals surface area contributed by atoms with E-state index in [2.05, 4.69) is 15.0 Å². The molecule has 0 unspecified atom stereocenters. The van der Waals surface area contributed by atoms with Crippen LogP contribution < -0.4 is 14.8 Å². The Morgan fingerprint density at radius 1 is 1.18 bits per heavy atom. The number of aliphatic hydroxyl groups excluding tert-OH is 1. The largest absolute Gasteiger partial charge is 0.488 e. The molecule has 5 rings (SSSR count). The number of ether oxygens (including phenoxy) is 1. The van der Waals surface area contributed by atoms with Crippen LogP contribution in [0.1, 0.15) is 19.4 Å². The number of carbonyl (C=O) groups is 2. The van der Waals surface area contributed by atoms with Gasteiger partial charge >= 0.3 is 6.03 Å². The Bertz CT molecular complexity index is 1800. The van der Waals surface area contributed by atoms with Crippen LogP contribution in [0, 0.1) is 5.92 Å². The number of urea groups is 1. The Hall–Kier alpha value is -4.62. The quantitative estimate of drug-likeness (QED) is 0.268. The molecule has 0 bridgehead atoms. The summed E-state index contributed by atoms with van der Waals surface area (Å²) in [7, 11) is -0.621. The van der Waals surface area contributed by atoms with E-state index in [4.69, 9.17) is 4.74 Å². The maximum Gasteiger partial charge on any atom is 0.321 e. The molecule has 0 radical (unpaired) electrons. The predicted octanol–water partition coefficient (Wildman–Crippen LogP) is 3.69. The van der Waals surface area contributed by atoms with Gasteiger partial charge in [0, 0.05) is 49.4 Å². The monoisotopic (exact) mass is 634 g/mol. The summed E-state index contributed by atoms with van der Waals surface area (Å²) in [5, 5.41) is 14.7. The van der Waals surface area contributed by atoms with E-state index in [1.807, 2.05) is 49.4 Å². The van der Waals surface area contributed by atoms with Crippen molar-refractivity contribution in [2.75, 3.05) is 36.8 Å². The molecule has 2 heterocycles. The lowest BCUT2D eigenvalue weighted by molar-refractivity contribution is -0.134. The first kappa shape index (κ1) is 31.8. The molecule has 0 saturated carbocycles. The van der Waals surface area contributed by atoms with E-state index in [-0.39, 0.29) is 54.7 Å². The van der Waals surface area contributed by atoms with Crippen LogP contribution in [0.25, 0.3) is 10.8 Å². The topological polar surface area (TPSA) is 146 Å². The zero-order valence-corrected chi connectivity index (χ0v) is 26.5.